The third-order valence-electron chi connectivity index (χ3n) is 13.8. The fraction of sp³-hybridized carbons (Fsp3) is 0.562. The number of aryl methyl sites for hydroxylation is 1. The summed E-state index contributed by atoms with van der Waals surface area (Å²) in [6.45, 7) is 13.8. The minimum atomic E-state index is -0.897. The molecule has 13 nitrogen and oxygen atoms in total. The molecule has 1 aromatic carbocycles. The van der Waals surface area contributed by atoms with Crippen LogP contribution in [0.25, 0.3) is 33.4 Å². The number of hydrogen-bond donors (Lipinski definition) is 2. The number of methoxy groups -OCH3 is 1. The first-order valence-electron chi connectivity index (χ1n) is 22.6. The van der Waals surface area contributed by atoms with Gasteiger partial charge >= 0.3 is 5.97 Å². The van der Waals surface area contributed by atoms with Gasteiger partial charge in [-0.3, -0.25) is 29.3 Å². The van der Waals surface area contributed by atoms with Crippen molar-refractivity contribution in [3.8, 4) is 34.9 Å². The molecule has 2 amide bonds. The normalized spacial score (nSPS) is 25.1. The molecule has 328 valence electrons. The van der Waals surface area contributed by atoms with Crippen LogP contribution in [-0.4, -0.2) is 107 Å². The Bertz CT molecular complexity index is 2390. The number of cyclic esters (lactones) is 1. The van der Waals surface area contributed by atoms with E-state index in [2.05, 4.69) is 83.0 Å². The molecule has 2 saturated carbocycles. The van der Waals surface area contributed by atoms with Crippen LogP contribution >= 0.6 is 11.3 Å². The number of thiazole rings is 1. The van der Waals surface area contributed by atoms with Gasteiger partial charge in [0, 0.05) is 97.6 Å². The van der Waals surface area contributed by atoms with Gasteiger partial charge in [0.05, 0.1) is 52.6 Å². The Morgan fingerprint density at radius 3 is 2.63 bits per heavy atom. The van der Waals surface area contributed by atoms with Crippen molar-refractivity contribution >= 4 is 45.7 Å². The van der Waals surface area contributed by atoms with Crippen molar-refractivity contribution in [2.75, 3.05) is 51.3 Å². The van der Waals surface area contributed by atoms with Crippen LogP contribution in [0, 0.1) is 29.6 Å². The number of hydrazine groups is 1. The lowest BCUT2D eigenvalue weighted by Gasteiger charge is -2.37. The number of hydrogen-bond acceptors (Lipinski definition) is 11. The maximum atomic E-state index is 14.3. The molecule has 4 fully saturated rings. The Balaban J connectivity index is 1.14. The Morgan fingerprint density at radius 2 is 1.92 bits per heavy atom. The van der Waals surface area contributed by atoms with Crippen LogP contribution in [0.2, 0.25) is 0 Å². The van der Waals surface area contributed by atoms with Crippen molar-refractivity contribution in [3.63, 3.8) is 0 Å². The number of nitrogens with zero attached hydrogens (tertiary/aromatic N) is 6. The molecule has 3 aromatic heterocycles. The Kier molecular flexibility index (Phi) is 11.9. The molecule has 62 heavy (non-hydrogen) atoms. The van der Waals surface area contributed by atoms with E-state index in [1.807, 2.05) is 11.6 Å². The Morgan fingerprint density at radius 1 is 1.11 bits per heavy atom. The zero-order valence-corrected chi connectivity index (χ0v) is 37.6. The molecule has 5 aliphatic rings. The van der Waals surface area contributed by atoms with Gasteiger partial charge in [0.25, 0.3) is 5.91 Å². The van der Waals surface area contributed by atoms with E-state index >= 15 is 0 Å². The SMILES string of the molecule is C#C[C@@H]1CC[C@H]1C(=O)N[C@H]1Cc2nc(cs2)-c2ccc3c(c2)c(c(-c2cc(N4CCN(C5CC5)CC4)cnc2[C@H](C)OC)n3CC)CC(C)(C)COC(=O)[C@@H]2CCCN(N2)C1=O. The summed E-state index contributed by atoms with van der Waals surface area (Å²) < 4.78 is 14.6. The number of pyridine rings is 1. The highest BCUT2D eigenvalue weighted by atomic mass is 32.1. The van der Waals surface area contributed by atoms with Gasteiger partial charge in [-0.2, -0.15) is 0 Å². The summed E-state index contributed by atoms with van der Waals surface area (Å²) in [5, 5.41) is 8.38. The lowest BCUT2D eigenvalue weighted by Crippen LogP contribution is -2.61. The third kappa shape index (κ3) is 8.37. The highest BCUT2D eigenvalue weighted by Crippen LogP contribution is 2.43. The number of carbonyl (C=O) groups excluding carboxylic acids is 3. The number of carbonyl (C=O) groups is 3. The molecular formula is C48H60N8O5S. The summed E-state index contributed by atoms with van der Waals surface area (Å²) in [4.78, 5) is 57.1. The zero-order chi connectivity index (χ0) is 43.3. The second-order valence-electron chi connectivity index (χ2n) is 18.7. The second-order valence-corrected chi connectivity index (χ2v) is 19.6. The topological polar surface area (TPSA) is 134 Å². The summed E-state index contributed by atoms with van der Waals surface area (Å²) in [5.41, 5.74) is 10.8. The number of aromatic nitrogens is 3. The van der Waals surface area contributed by atoms with Crippen molar-refractivity contribution in [1.29, 1.82) is 0 Å². The molecule has 4 aromatic rings. The molecule has 9 rings (SSSR count). The number of nitrogens with one attached hydrogen (secondary N) is 2. The van der Waals surface area contributed by atoms with E-state index in [1.165, 1.54) is 29.2 Å². The Labute approximate surface area is 368 Å². The molecular weight excluding hydrogens is 801 g/mol. The molecule has 3 aliphatic heterocycles. The predicted octanol–water partition coefficient (Wildman–Crippen LogP) is 6.15. The molecule has 6 bridgehead atoms. The highest BCUT2D eigenvalue weighted by molar-refractivity contribution is 7.10. The molecule has 2 saturated heterocycles. The first-order chi connectivity index (χ1) is 29.9. The maximum absolute atomic E-state index is 14.3. The van der Waals surface area contributed by atoms with Crippen LogP contribution in [0.3, 0.4) is 0 Å². The van der Waals surface area contributed by atoms with Crippen LogP contribution in [0.15, 0.2) is 35.8 Å². The summed E-state index contributed by atoms with van der Waals surface area (Å²) >= 11 is 1.47. The second kappa shape index (κ2) is 17.4. The maximum Gasteiger partial charge on any atom is 0.324 e. The average Bonchev–Trinajstić information content (AvgIpc) is 3.95. The number of amides is 2. The van der Waals surface area contributed by atoms with Gasteiger partial charge in [0.15, 0.2) is 0 Å². The molecule has 2 N–H and O–H groups in total. The predicted molar refractivity (Wildman–Crippen MR) is 241 cm³/mol. The lowest BCUT2D eigenvalue weighted by atomic mass is 9.73. The number of benzene rings is 1. The summed E-state index contributed by atoms with van der Waals surface area (Å²) in [6.07, 6.45) is 13.5. The van der Waals surface area contributed by atoms with Gasteiger partial charge < -0.3 is 24.3 Å². The number of fused-ring (bicyclic) bond motifs is 6. The van der Waals surface area contributed by atoms with E-state index in [0.717, 1.165) is 101 Å². The quantitative estimate of drug-likeness (QED) is 0.157. The van der Waals surface area contributed by atoms with Crippen molar-refractivity contribution in [2.24, 2.45) is 17.3 Å². The van der Waals surface area contributed by atoms with Crippen molar-refractivity contribution in [3.05, 3.63) is 52.1 Å². The van der Waals surface area contributed by atoms with Gasteiger partial charge in [-0.15, -0.1) is 23.7 Å². The van der Waals surface area contributed by atoms with Gasteiger partial charge in [-0.1, -0.05) is 19.9 Å². The molecule has 0 spiro atoms. The van der Waals surface area contributed by atoms with E-state index < -0.39 is 23.5 Å². The molecule has 0 radical (unpaired) electrons. The smallest absolute Gasteiger partial charge is 0.324 e. The molecule has 6 heterocycles. The van der Waals surface area contributed by atoms with Crippen LogP contribution in [-0.2, 0) is 43.2 Å². The lowest BCUT2D eigenvalue weighted by molar-refractivity contribution is -0.155. The highest BCUT2D eigenvalue weighted by Gasteiger charge is 2.40. The fourth-order valence-corrected chi connectivity index (χ4v) is 10.7. The van der Waals surface area contributed by atoms with Crippen molar-refractivity contribution in [1.82, 2.24) is 35.2 Å². The van der Waals surface area contributed by atoms with Crippen LogP contribution in [0.5, 0.6) is 0 Å². The molecule has 2 aliphatic carbocycles. The molecule has 5 atom stereocenters. The Hall–Kier alpha value is -4.81. The van der Waals surface area contributed by atoms with Gasteiger partial charge in [0.2, 0.25) is 5.91 Å². The van der Waals surface area contributed by atoms with Gasteiger partial charge in [-0.25, -0.2) is 10.4 Å². The van der Waals surface area contributed by atoms with Gasteiger partial charge in [-0.05, 0) is 82.6 Å². The summed E-state index contributed by atoms with van der Waals surface area (Å²) in [6, 6.07) is 8.01. The first kappa shape index (κ1) is 42.5. The van der Waals surface area contributed by atoms with Crippen molar-refractivity contribution in [2.45, 2.75) is 110 Å². The average molecular weight is 861 g/mol. The standard InChI is InChI=1S/C48H60N8O5S/c1-7-30-11-15-34(30)45(57)51-39-24-42-50-40(27-62-42)31-12-16-41-35(22-31)37(25-48(4,5)28-61-47(59)38-10-9-17-56(52-38)46(39)58)44(55(41)8-2)36-23-33(26-49-43(36)29(3)60-6)54-20-18-53(19-21-54)32-13-14-32/h1,12,16,22-23,26-27,29-30,32,34,38-39,52H,8-11,13-15,17-21,24-25,28H2,2-6H3,(H,51,57)/t29-,30+,34+,38-,39-/m0/s1. The van der Waals surface area contributed by atoms with Crippen LogP contribution in [0.1, 0.15) is 88.6 Å². The number of esters is 1. The monoisotopic (exact) mass is 860 g/mol. The summed E-state index contributed by atoms with van der Waals surface area (Å²) in [5.74, 6) is 1.33. The van der Waals surface area contributed by atoms with Crippen LogP contribution in [0.4, 0.5) is 5.69 Å². The number of anilines is 1. The third-order valence-corrected chi connectivity index (χ3v) is 14.7. The molecule has 0 unspecified atom stereocenters. The first-order valence-corrected chi connectivity index (χ1v) is 23.5. The summed E-state index contributed by atoms with van der Waals surface area (Å²) in [7, 11) is 1.73. The minimum absolute atomic E-state index is 0.141. The largest absolute Gasteiger partial charge is 0.464 e. The van der Waals surface area contributed by atoms with E-state index in [4.69, 9.17) is 25.9 Å². The number of piperazine rings is 1. The van der Waals surface area contributed by atoms with E-state index in [-0.39, 0.29) is 42.8 Å². The minimum Gasteiger partial charge on any atom is -0.464 e. The van der Waals surface area contributed by atoms with E-state index in [0.29, 0.717) is 32.2 Å². The van der Waals surface area contributed by atoms with E-state index in [9.17, 15) is 14.4 Å². The van der Waals surface area contributed by atoms with Gasteiger partial charge in [0.1, 0.15) is 12.1 Å². The molecule has 14 heteroatoms. The number of terminal acetylenes is 1. The fourth-order valence-electron chi connectivity index (χ4n) is 9.85. The van der Waals surface area contributed by atoms with Crippen molar-refractivity contribution < 1.29 is 23.9 Å². The van der Waals surface area contributed by atoms with Crippen LogP contribution < -0.4 is 15.6 Å². The number of ether oxygens (including phenoxy) is 2. The zero-order valence-electron chi connectivity index (χ0n) is 36.7. The van der Waals surface area contributed by atoms with E-state index in [1.54, 1.807) is 7.11 Å². The number of rotatable bonds is 8.